The zero-order valence-corrected chi connectivity index (χ0v) is 12.6. The Bertz CT molecular complexity index is 353. The number of aliphatic hydroxyl groups excluding tert-OH is 1. The van der Waals surface area contributed by atoms with E-state index in [1.807, 2.05) is 18.2 Å². The average Bonchev–Trinajstić information content (AvgIpc) is 2.35. The molecule has 0 amide bonds. The second kappa shape index (κ2) is 8.51. The maximum atomic E-state index is 9.67. The fourth-order valence-electron chi connectivity index (χ4n) is 1.54. The minimum absolute atomic E-state index is 0.505. The van der Waals surface area contributed by atoms with E-state index in [0.717, 1.165) is 29.5 Å². The lowest BCUT2D eigenvalue weighted by atomic mass is 10.1. The molecule has 1 N–H and O–H groups in total. The third-order valence-electron chi connectivity index (χ3n) is 2.55. The van der Waals surface area contributed by atoms with Gasteiger partial charge < -0.3 is 14.6 Å². The van der Waals surface area contributed by atoms with E-state index in [4.69, 9.17) is 9.47 Å². The molecule has 0 aromatic heterocycles. The number of halogens is 1. The van der Waals surface area contributed by atoms with Crippen LogP contribution in [0.15, 0.2) is 22.7 Å². The molecule has 1 aromatic carbocycles. The Morgan fingerprint density at radius 2 is 2.06 bits per heavy atom. The monoisotopic (exact) mass is 316 g/mol. The molecule has 102 valence electrons. The maximum absolute atomic E-state index is 9.67. The summed E-state index contributed by atoms with van der Waals surface area (Å²) in [5, 5.41) is 9.67. The zero-order chi connectivity index (χ0) is 13.4. The van der Waals surface area contributed by atoms with Crippen molar-refractivity contribution in [2.75, 3.05) is 19.8 Å². The number of rotatable bonds is 8. The SMILES string of the molecule is CCCCOCCOc1ccc(Br)cc1[C@@H](C)O. The molecule has 0 bridgehead atoms. The first kappa shape index (κ1) is 15.5. The highest BCUT2D eigenvalue weighted by Gasteiger charge is 2.09. The summed E-state index contributed by atoms with van der Waals surface area (Å²) in [7, 11) is 0. The molecule has 0 aliphatic heterocycles. The molecule has 18 heavy (non-hydrogen) atoms. The Balaban J connectivity index is 2.42. The van der Waals surface area contributed by atoms with Crippen molar-refractivity contribution in [1.29, 1.82) is 0 Å². The molecule has 0 unspecified atom stereocenters. The van der Waals surface area contributed by atoms with Gasteiger partial charge in [-0.05, 0) is 31.5 Å². The number of hydrogen-bond acceptors (Lipinski definition) is 3. The summed E-state index contributed by atoms with van der Waals surface area (Å²) in [6.45, 7) is 5.73. The molecule has 0 spiro atoms. The first-order valence-electron chi connectivity index (χ1n) is 6.33. The lowest BCUT2D eigenvalue weighted by Gasteiger charge is -2.14. The molecule has 3 nitrogen and oxygen atoms in total. The Morgan fingerprint density at radius 1 is 1.28 bits per heavy atom. The van der Waals surface area contributed by atoms with Crippen LogP contribution in [0.4, 0.5) is 0 Å². The molecule has 0 aliphatic rings. The van der Waals surface area contributed by atoms with Gasteiger partial charge in [-0.25, -0.2) is 0 Å². The van der Waals surface area contributed by atoms with Crippen LogP contribution in [0.25, 0.3) is 0 Å². The van der Waals surface area contributed by atoms with Crippen molar-refractivity contribution in [3.05, 3.63) is 28.2 Å². The van der Waals surface area contributed by atoms with Crippen LogP contribution in [0.1, 0.15) is 38.4 Å². The standard InChI is InChI=1S/C14H21BrO3/c1-3-4-7-17-8-9-18-14-6-5-12(15)10-13(14)11(2)16/h5-6,10-11,16H,3-4,7-9H2,1-2H3/t11-/m1/s1. The van der Waals surface area contributed by atoms with E-state index in [2.05, 4.69) is 22.9 Å². The van der Waals surface area contributed by atoms with Gasteiger partial charge in [-0.3, -0.25) is 0 Å². The minimum atomic E-state index is -0.543. The van der Waals surface area contributed by atoms with Crippen molar-refractivity contribution in [3.63, 3.8) is 0 Å². The van der Waals surface area contributed by atoms with E-state index >= 15 is 0 Å². The number of ether oxygens (including phenoxy) is 2. The normalized spacial score (nSPS) is 12.4. The molecule has 0 saturated carbocycles. The summed E-state index contributed by atoms with van der Waals surface area (Å²) in [6.07, 6.45) is 1.68. The Labute approximate surface area is 117 Å². The molecular weight excluding hydrogens is 296 g/mol. The highest BCUT2D eigenvalue weighted by molar-refractivity contribution is 9.10. The molecule has 0 aliphatic carbocycles. The topological polar surface area (TPSA) is 38.7 Å². The summed E-state index contributed by atoms with van der Waals surface area (Å²) in [5.74, 6) is 0.715. The lowest BCUT2D eigenvalue weighted by Crippen LogP contribution is -2.09. The number of aliphatic hydroxyl groups is 1. The predicted octanol–water partition coefficient (Wildman–Crippen LogP) is 3.70. The number of benzene rings is 1. The summed E-state index contributed by atoms with van der Waals surface area (Å²) < 4.78 is 12.0. The van der Waals surface area contributed by atoms with E-state index in [-0.39, 0.29) is 0 Å². The van der Waals surface area contributed by atoms with Gasteiger partial charge in [-0.2, -0.15) is 0 Å². The molecule has 0 heterocycles. The van der Waals surface area contributed by atoms with Crippen LogP contribution >= 0.6 is 15.9 Å². The Morgan fingerprint density at radius 3 is 2.72 bits per heavy atom. The molecule has 0 fully saturated rings. The summed E-state index contributed by atoms with van der Waals surface area (Å²) in [4.78, 5) is 0. The average molecular weight is 317 g/mol. The quantitative estimate of drug-likeness (QED) is 0.743. The van der Waals surface area contributed by atoms with Crippen LogP contribution in [0.3, 0.4) is 0 Å². The fourth-order valence-corrected chi connectivity index (χ4v) is 1.92. The third-order valence-corrected chi connectivity index (χ3v) is 3.04. The molecular formula is C14H21BrO3. The molecule has 0 radical (unpaired) electrons. The van der Waals surface area contributed by atoms with Gasteiger partial charge in [0.15, 0.2) is 0 Å². The largest absolute Gasteiger partial charge is 0.491 e. The van der Waals surface area contributed by atoms with E-state index in [0.29, 0.717) is 19.0 Å². The molecule has 0 saturated heterocycles. The van der Waals surface area contributed by atoms with Crippen LogP contribution in [0.5, 0.6) is 5.75 Å². The Hall–Kier alpha value is -0.580. The maximum Gasteiger partial charge on any atom is 0.125 e. The van der Waals surface area contributed by atoms with Crippen molar-refractivity contribution in [1.82, 2.24) is 0 Å². The highest BCUT2D eigenvalue weighted by Crippen LogP contribution is 2.28. The van der Waals surface area contributed by atoms with Gasteiger partial charge in [0, 0.05) is 16.6 Å². The van der Waals surface area contributed by atoms with Crippen molar-refractivity contribution >= 4 is 15.9 Å². The summed E-state index contributed by atoms with van der Waals surface area (Å²) in [5.41, 5.74) is 0.790. The first-order chi connectivity index (χ1) is 8.65. The number of unbranched alkanes of at least 4 members (excludes halogenated alkanes) is 1. The van der Waals surface area contributed by atoms with Crippen molar-refractivity contribution < 1.29 is 14.6 Å². The molecule has 4 heteroatoms. The number of hydrogen-bond donors (Lipinski definition) is 1. The van der Waals surface area contributed by atoms with E-state index in [9.17, 15) is 5.11 Å². The van der Waals surface area contributed by atoms with E-state index < -0.39 is 6.10 Å². The zero-order valence-electron chi connectivity index (χ0n) is 11.0. The van der Waals surface area contributed by atoms with Gasteiger partial charge in [0.1, 0.15) is 12.4 Å². The van der Waals surface area contributed by atoms with Crippen LogP contribution in [0, 0.1) is 0 Å². The fraction of sp³-hybridized carbons (Fsp3) is 0.571. The van der Waals surface area contributed by atoms with Crippen LogP contribution in [-0.4, -0.2) is 24.9 Å². The summed E-state index contributed by atoms with van der Waals surface area (Å²) in [6, 6.07) is 5.63. The van der Waals surface area contributed by atoms with Crippen LogP contribution in [0.2, 0.25) is 0 Å². The molecule has 1 rings (SSSR count). The minimum Gasteiger partial charge on any atom is -0.491 e. The smallest absolute Gasteiger partial charge is 0.125 e. The Kier molecular flexibility index (Phi) is 7.32. The van der Waals surface area contributed by atoms with Crippen molar-refractivity contribution in [3.8, 4) is 5.75 Å². The first-order valence-corrected chi connectivity index (χ1v) is 7.12. The predicted molar refractivity (Wildman–Crippen MR) is 76.0 cm³/mol. The third kappa shape index (κ3) is 5.38. The summed E-state index contributed by atoms with van der Waals surface area (Å²) >= 11 is 3.38. The van der Waals surface area contributed by atoms with Gasteiger partial charge in [0.2, 0.25) is 0 Å². The molecule has 1 aromatic rings. The van der Waals surface area contributed by atoms with Crippen molar-refractivity contribution in [2.24, 2.45) is 0 Å². The molecule has 1 atom stereocenters. The second-order valence-corrected chi connectivity index (χ2v) is 5.09. The van der Waals surface area contributed by atoms with E-state index in [1.54, 1.807) is 6.92 Å². The van der Waals surface area contributed by atoms with Gasteiger partial charge in [0.25, 0.3) is 0 Å². The van der Waals surface area contributed by atoms with Crippen molar-refractivity contribution in [2.45, 2.75) is 32.8 Å². The van der Waals surface area contributed by atoms with E-state index in [1.165, 1.54) is 0 Å². The second-order valence-electron chi connectivity index (χ2n) is 4.17. The van der Waals surface area contributed by atoms with Gasteiger partial charge in [-0.1, -0.05) is 29.3 Å². The van der Waals surface area contributed by atoms with Gasteiger partial charge in [-0.15, -0.1) is 0 Å². The van der Waals surface area contributed by atoms with Crippen LogP contribution in [-0.2, 0) is 4.74 Å². The van der Waals surface area contributed by atoms with Gasteiger partial charge in [0.05, 0.1) is 12.7 Å². The van der Waals surface area contributed by atoms with Crippen LogP contribution < -0.4 is 4.74 Å². The highest BCUT2D eigenvalue weighted by atomic mass is 79.9. The lowest BCUT2D eigenvalue weighted by molar-refractivity contribution is 0.0962. The van der Waals surface area contributed by atoms with Gasteiger partial charge >= 0.3 is 0 Å².